The average Bonchev–Trinajstić information content (AvgIpc) is 3.38. The van der Waals surface area contributed by atoms with Gasteiger partial charge in [-0.1, -0.05) is 54.1 Å². The van der Waals surface area contributed by atoms with Crippen molar-refractivity contribution in [2.75, 3.05) is 13.7 Å². The topological polar surface area (TPSA) is 86.0 Å². The number of aromatic nitrogens is 5. The summed E-state index contributed by atoms with van der Waals surface area (Å²) in [5, 5.41) is 9.73. The highest BCUT2D eigenvalue weighted by molar-refractivity contribution is 5.88. The SMILES string of the molecule is COC(=O)c1ccc(Cn2cnnc2CN(CCc2ccc(C)cc2)Cc2ccc3ccccc3n2)nc1. The van der Waals surface area contributed by atoms with Crippen LogP contribution in [0.4, 0.5) is 0 Å². The smallest absolute Gasteiger partial charge is 0.339 e. The molecule has 38 heavy (non-hydrogen) atoms. The van der Waals surface area contributed by atoms with Gasteiger partial charge in [0.2, 0.25) is 0 Å². The summed E-state index contributed by atoms with van der Waals surface area (Å²) in [6, 6.07) is 24.6. The number of fused-ring (bicyclic) bond motifs is 1. The van der Waals surface area contributed by atoms with Crippen molar-refractivity contribution < 1.29 is 9.53 Å². The molecule has 0 fully saturated rings. The molecule has 0 bridgehead atoms. The van der Waals surface area contributed by atoms with E-state index >= 15 is 0 Å². The highest BCUT2D eigenvalue weighted by Crippen LogP contribution is 2.16. The molecule has 0 amide bonds. The van der Waals surface area contributed by atoms with E-state index in [-0.39, 0.29) is 0 Å². The Bertz CT molecular complexity index is 1510. The first kappa shape index (κ1) is 25.2. The summed E-state index contributed by atoms with van der Waals surface area (Å²) in [6.45, 7) is 4.75. The number of benzene rings is 2. The molecular formula is C30H30N6O2. The van der Waals surface area contributed by atoms with E-state index in [9.17, 15) is 4.79 Å². The zero-order valence-electron chi connectivity index (χ0n) is 21.6. The van der Waals surface area contributed by atoms with E-state index in [4.69, 9.17) is 9.72 Å². The molecule has 0 aliphatic carbocycles. The minimum Gasteiger partial charge on any atom is -0.465 e. The summed E-state index contributed by atoms with van der Waals surface area (Å²) < 4.78 is 6.76. The Morgan fingerprint density at radius 2 is 1.76 bits per heavy atom. The van der Waals surface area contributed by atoms with Gasteiger partial charge in [0, 0.05) is 24.7 Å². The van der Waals surface area contributed by atoms with E-state index in [0.717, 1.165) is 41.1 Å². The second-order valence-electron chi connectivity index (χ2n) is 9.35. The molecule has 8 nitrogen and oxygen atoms in total. The first-order valence-corrected chi connectivity index (χ1v) is 12.6. The van der Waals surface area contributed by atoms with E-state index in [1.807, 2.05) is 28.8 Å². The number of esters is 1. The first-order valence-electron chi connectivity index (χ1n) is 12.6. The van der Waals surface area contributed by atoms with E-state index < -0.39 is 5.97 Å². The van der Waals surface area contributed by atoms with Crippen molar-refractivity contribution in [1.29, 1.82) is 0 Å². The quantitative estimate of drug-likeness (QED) is 0.256. The number of carbonyl (C=O) groups is 1. The minimum absolute atomic E-state index is 0.402. The fourth-order valence-corrected chi connectivity index (χ4v) is 4.35. The number of hydrogen-bond acceptors (Lipinski definition) is 7. The summed E-state index contributed by atoms with van der Waals surface area (Å²) in [5.41, 5.74) is 5.79. The first-order chi connectivity index (χ1) is 18.6. The number of carbonyl (C=O) groups excluding carboxylic acids is 1. The van der Waals surface area contributed by atoms with E-state index in [2.05, 4.69) is 69.5 Å². The standard InChI is InChI=1S/C30H30N6O2/c1-22-7-9-23(10-8-22)15-16-35(18-27-14-11-24-5-3-4-6-28(24)33-27)20-29-34-32-21-36(29)19-26-13-12-25(17-31-26)30(37)38-2/h3-14,17,21H,15-16,18-20H2,1-2H3. The molecule has 192 valence electrons. The van der Waals surface area contributed by atoms with Crippen LogP contribution in [0.5, 0.6) is 0 Å². The summed E-state index contributed by atoms with van der Waals surface area (Å²) in [7, 11) is 1.36. The highest BCUT2D eigenvalue weighted by Gasteiger charge is 2.15. The second-order valence-corrected chi connectivity index (χ2v) is 9.35. The molecule has 3 heterocycles. The molecule has 0 atom stereocenters. The Hall–Kier alpha value is -4.43. The van der Waals surface area contributed by atoms with Gasteiger partial charge in [0.1, 0.15) is 12.2 Å². The second kappa shape index (κ2) is 11.7. The molecule has 0 saturated carbocycles. The Labute approximate surface area is 222 Å². The van der Waals surface area contributed by atoms with Gasteiger partial charge in [-0.3, -0.25) is 14.9 Å². The van der Waals surface area contributed by atoms with Gasteiger partial charge in [-0.05, 0) is 43.2 Å². The number of aryl methyl sites for hydroxylation is 1. The number of rotatable bonds is 10. The maximum atomic E-state index is 11.7. The normalized spacial score (nSPS) is 11.2. The van der Waals surface area contributed by atoms with E-state index in [0.29, 0.717) is 25.2 Å². The number of pyridine rings is 2. The van der Waals surface area contributed by atoms with Crippen molar-refractivity contribution in [1.82, 2.24) is 29.6 Å². The van der Waals surface area contributed by atoms with Gasteiger partial charge in [0.25, 0.3) is 0 Å². The lowest BCUT2D eigenvalue weighted by Gasteiger charge is -2.22. The Morgan fingerprint density at radius 3 is 2.55 bits per heavy atom. The molecule has 3 aromatic heterocycles. The molecule has 5 aromatic rings. The molecule has 0 radical (unpaired) electrons. The molecular weight excluding hydrogens is 476 g/mol. The van der Waals surface area contributed by atoms with Crippen molar-refractivity contribution in [3.63, 3.8) is 0 Å². The van der Waals surface area contributed by atoms with Crippen LogP contribution in [0.15, 0.2) is 85.3 Å². The van der Waals surface area contributed by atoms with Crippen LogP contribution >= 0.6 is 0 Å². The maximum Gasteiger partial charge on any atom is 0.339 e. The molecule has 5 rings (SSSR count). The lowest BCUT2D eigenvalue weighted by Crippen LogP contribution is -2.27. The third-order valence-electron chi connectivity index (χ3n) is 6.52. The van der Waals surface area contributed by atoms with E-state index in [1.54, 1.807) is 12.4 Å². The van der Waals surface area contributed by atoms with Gasteiger partial charge in [0.05, 0.1) is 42.7 Å². The predicted octanol–water partition coefficient (Wildman–Crippen LogP) is 4.61. The van der Waals surface area contributed by atoms with Crippen LogP contribution < -0.4 is 0 Å². The van der Waals surface area contributed by atoms with Crippen LogP contribution in [0.3, 0.4) is 0 Å². The van der Waals surface area contributed by atoms with Gasteiger partial charge in [-0.2, -0.15) is 0 Å². The van der Waals surface area contributed by atoms with Crippen LogP contribution in [-0.2, 0) is 30.8 Å². The molecule has 0 aliphatic rings. The Morgan fingerprint density at radius 1 is 0.947 bits per heavy atom. The third kappa shape index (κ3) is 6.27. The zero-order chi connectivity index (χ0) is 26.3. The van der Waals surface area contributed by atoms with Crippen LogP contribution in [0.25, 0.3) is 10.9 Å². The molecule has 0 unspecified atom stereocenters. The fraction of sp³-hybridized carbons (Fsp3) is 0.233. The van der Waals surface area contributed by atoms with Crippen LogP contribution in [0.1, 0.15) is 38.7 Å². The third-order valence-corrected chi connectivity index (χ3v) is 6.52. The lowest BCUT2D eigenvalue weighted by molar-refractivity contribution is 0.0600. The highest BCUT2D eigenvalue weighted by atomic mass is 16.5. The zero-order valence-corrected chi connectivity index (χ0v) is 21.6. The van der Waals surface area contributed by atoms with Gasteiger partial charge < -0.3 is 9.30 Å². The summed E-state index contributed by atoms with van der Waals surface area (Å²) in [5.74, 6) is 0.439. The van der Waals surface area contributed by atoms with Crippen molar-refractivity contribution in [3.05, 3.63) is 119 Å². The molecule has 0 spiro atoms. The Kier molecular flexibility index (Phi) is 7.80. The number of ether oxygens (including phenoxy) is 1. The van der Waals surface area contributed by atoms with Gasteiger partial charge in [-0.15, -0.1) is 10.2 Å². The molecule has 0 aliphatic heterocycles. The van der Waals surface area contributed by atoms with E-state index in [1.165, 1.54) is 24.4 Å². The monoisotopic (exact) mass is 506 g/mol. The fourth-order valence-electron chi connectivity index (χ4n) is 4.35. The van der Waals surface area contributed by atoms with Crippen molar-refractivity contribution in [2.24, 2.45) is 0 Å². The summed E-state index contributed by atoms with van der Waals surface area (Å²) in [6.07, 6.45) is 4.17. The van der Waals surface area contributed by atoms with Crippen LogP contribution in [0, 0.1) is 6.92 Å². The van der Waals surface area contributed by atoms with Crippen molar-refractivity contribution in [3.8, 4) is 0 Å². The number of hydrogen-bond donors (Lipinski definition) is 0. The number of methoxy groups -OCH3 is 1. The summed E-state index contributed by atoms with van der Waals surface area (Å²) in [4.78, 5) is 23.4. The van der Waals surface area contributed by atoms with Crippen molar-refractivity contribution >= 4 is 16.9 Å². The number of para-hydroxylation sites is 1. The molecule has 8 heteroatoms. The maximum absolute atomic E-state index is 11.7. The Balaban J connectivity index is 1.34. The van der Waals surface area contributed by atoms with Crippen LogP contribution in [0.2, 0.25) is 0 Å². The van der Waals surface area contributed by atoms with Gasteiger partial charge in [-0.25, -0.2) is 4.79 Å². The molecule has 0 saturated heterocycles. The lowest BCUT2D eigenvalue weighted by atomic mass is 10.1. The van der Waals surface area contributed by atoms with Gasteiger partial charge in [0.15, 0.2) is 0 Å². The summed E-state index contributed by atoms with van der Waals surface area (Å²) >= 11 is 0. The number of nitrogens with zero attached hydrogens (tertiary/aromatic N) is 6. The van der Waals surface area contributed by atoms with Gasteiger partial charge >= 0.3 is 5.97 Å². The average molecular weight is 507 g/mol. The van der Waals surface area contributed by atoms with Crippen molar-refractivity contribution in [2.45, 2.75) is 33.0 Å². The van der Waals surface area contributed by atoms with Crippen LogP contribution in [-0.4, -0.2) is 49.3 Å². The predicted molar refractivity (Wildman–Crippen MR) is 145 cm³/mol. The molecule has 2 aromatic carbocycles. The molecule has 0 N–H and O–H groups in total. The largest absolute Gasteiger partial charge is 0.465 e. The minimum atomic E-state index is -0.402.